The van der Waals surface area contributed by atoms with Crippen molar-refractivity contribution in [1.29, 1.82) is 0 Å². The van der Waals surface area contributed by atoms with Crippen molar-refractivity contribution in [3.63, 3.8) is 0 Å². The largest absolute Gasteiger partial charge is 0.481 e. The van der Waals surface area contributed by atoms with Crippen molar-refractivity contribution in [3.05, 3.63) is 24.3 Å². The molecule has 96 valence electrons. The van der Waals surface area contributed by atoms with Crippen molar-refractivity contribution in [2.45, 2.75) is 31.8 Å². The second-order valence-electron chi connectivity index (χ2n) is 5.27. The molecule has 2 aliphatic carbocycles. The van der Waals surface area contributed by atoms with Crippen molar-refractivity contribution in [2.75, 3.05) is 0 Å². The van der Waals surface area contributed by atoms with E-state index in [1.807, 2.05) is 0 Å². The van der Waals surface area contributed by atoms with E-state index in [9.17, 15) is 9.90 Å². The van der Waals surface area contributed by atoms with Crippen molar-refractivity contribution in [2.24, 2.45) is 17.8 Å². The highest BCUT2D eigenvalue weighted by atomic mass is 16.4. The van der Waals surface area contributed by atoms with Crippen LogP contribution in [0.3, 0.4) is 0 Å². The Balaban J connectivity index is 1.66. The molecular formula is C13H17N3O2. The van der Waals surface area contributed by atoms with Crippen LogP contribution in [0, 0.1) is 17.8 Å². The molecule has 1 aromatic heterocycles. The topological polar surface area (TPSA) is 75.1 Å². The average Bonchev–Trinajstić information content (AvgIpc) is 2.97. The van der Waals surface area contributed by atoms with Crippen molar-refractivity contribution < 1.29 is 9.90 Å². The van der Waals surface area contributed by atoms with Gasteiger partial charge in [-0.3, -0.25) is 4.79 Å². The lowest BCUT2D eigenvalue weighted by molar-refractivity contribution is -0.144. The van der Waals surface area contributed by atoms with Gasteiger partial charge in [-0.2, -0.15) is 0 Å². The summed E-state index contributed by atoms with van der Waals surface area (Å²) in [7, 11) is 0. The molecule has 1 heterocycles. The number of nitrogens with zero attached hydrogens (tertiary/aromatic N) is 2. The Hall–Kier alpha value is -1.49. The van der Waals surface area contributed by atoms with Crippen LogP contribution in [-0.2, 0) is 11.3 Å². The lowest BCUT2D eigenvalue weighted by Gasteiger charge is -2.28. The van der Waals surface area contributed by atoms with Gasteiger partial charge in [0.05, 0.1) is 12.5 Å². The zero-order valence-corrected chi connectivity index (χ0v) is 10.1. The number of carboxylic acid groups (broad SMARTS) is 1. The summed E-state index contributed by atoms with van der Waals surface area (Å²) in [4.78, 5) is 19.6. The van der Waals surface area contributed by atoms with Gasteiger partial charge < -0.3 is 10.4 Å². The van der Waals surface area contributed by atoms with Crippen LogP contribution in [0.2, 0.25) is 0 Å². The third-order valence-corrected chi connectivity index (χ3v) is 4.32. The molecule has 2 saturated carbocycles. The molecule has 1 aromatic rings. The van der Waals surface area contributed by atoms with E-state index in [-0.39, 0.29) is 12.0 Å². The summed E-state index contributed by atoms with van der Waals surface area (Å²) >= 11 is 0. The number of aromatic nitrogens is 2. The molecule has 0 saturated heterocycles. The summed E-state index contributed by atoms with van der Waals surface area (Å²) in [6, 6.07) is 1.87. The Kier molecular flexibility index (Phi) is 2.99. The fraction of sp³-hybridized carbons (Fsp3) is 0.615. The molecule has 0 radical (unpaired) electrons. The van der Waals surface area contributed by atoms with Crippen LogP contribution in [0.5, 0.6) is 0 Å². The van der Waals surface area contributed by atoms with Crippen molar-refractivity contribution in [1.82, 2.24) is 15.3 Å². The second kappa shape index (κ2) is 4.65. The van der Waals surface area contributed by atoms with Gasteiger partial charge in [0.2, 0.25) is 0 Å². The molecule has 3 rings (SSSR count). The predicted molar refractivity (Wildman–Crippen MR) is 64.6 cm³/mol. The van der Waals surface area contributed by atoms with Crippen LogP contribution < -0.4 is 5.32 Å². The van der Waals surface area contributed by atoms with Gasteiger partial charge in [-0.25, -0.2) is 9.97 Å². The summed E-state index contributed by atoms with van der Waals surface area (Å²) in [5, 5.41) is 12.7. The zero-order valence-electron chi connectivity index (χ0n) is 10.1. The van der Waals surface area contributed by atoms with Gasteiger partial charge in [0.15, 0.2) is 0 Å². The molecule has 0 aliphatic heterocycles. The molecule has 4 atom stereocenters. The number of carbonyl (C=O) groups is 1. The second-order valence-corrected chi connectivity index (χ2v) is 5.27. The van der Waals surface area contributed by atoms with E-state index in [0.29, 0.717) is 18.4 Å². The Morgan fingerprint density at radius 1 is 1.33 bits per heavy atom. The molecule has 18 heavy (non-hydrogen) atoms. The molecule has 2 bridgehead atoms. The van der Waals surface area contributed by atoms with Crippen LogP contribution in [0.15, 0.2) is 18.5 Å². The van der Waals surface area contributed by atoms with E-state index in [1.54, 1.807) is 18.5 Å². The van der Waals surface area contributed by atoms with Gasteiger partial charge in [-0.1, -0.05) is 0 Å². The SMILES string of the molecule is O=C(O)C1C2CCC(C2)C1NCc1ncccn1. The van der Waals surface area contributed by atoms with Crippen LogP contribution in [0.1, 0.15) is 25.1 Å². The molecule has 0 amide bonds. The van der Waals surface area contributed by atoms with Crippen LogP contribution in [0.4, 0.5) is 0 Å². The minimum Gasteiger partial charge on any atom is -0.481 e. The average molecular weight is 247 g/mol. The van der Waals surface area contributed by atoms with Crippen LogP contribution in [-0.4, -0.2) is 27.1 Å². The van der Waals surface area contributed by atoms with E-state index in [0.717, 1.165) is 25.1 Å². The minimum absolute atomic E-state index is 0.0880. The summed E-state index contributed by atoms with van der Waals surface area (Å²) in [6.45, 7) is 0.554. The predicted octanol–water partition coefficient (Wildman–Crippen LogP) is 1.07. The molecule has 0 aromatic carbocycles. The third kappa shape index (κ3) is 1.99. The number of fused-ring (bicyclic) bond motifs is 2. The van der Waals surface area contributed by atoms with E-state index in [4.69, 9.17) is 0 Å². The Bertz CT molecular complexity index is 437. The fourth-order valence-corrected chi connectivity index (χ4v) is 3.57. The normalized spacial score (nSPS) is 33.8. The Labute approximate surface area is 106 Å². The number of rotatable bonds is 4. The standard InChI is InChI=1S/C13H17N3O2/c17-13(18)11-8-2-3-9(6-8)12(11)16-7-10-14-4-1-5-15-10/h1,4-5,8-9,11-12,16H,2-3,6-7H2,(H,17,18). The maximum Gasteiger partial charge on any atom is 0.308 e. The van der Waals surface area contributed by atoms with E-state index < -0.39 is 5.97 Å². The number of hydrogen-bond acceptors (Lipinski definition) is 4. The lowest BCUT2D eigenvalue weighted by atomic mass is 9.84. The highest BCUT2D eigenvalue weighted by molar-refractivity contribution is 5.72. The first-order valence-electron chi connectivity index (χ1n) is 6.48. The maximum atomic E-state index is 11.3. The lowest BCUT2D eigenvalue weighted by Crippen LogP contribution is -2.44. The molecule has 0 spiro atoms. The highest BCUT2D eigenvalue weighted by Gasteiger charge is 2.50. The first-order chi connectivity index (χ1) is 8.75. The van der Waals surface area contributed by atoms with Crippen molar-refractivity contribution >= 4 is 5.97 Å². The van der Waals surface area contributed by atoms with Gasteiger partial charge in [0.25, 0.3) is 0 Å². The fourth-order valence-electron chi connectivity index (χ4n) is 3.57. The highest BCUT2D eigenvalue weighted by Crippen LogP contribution is 2.48. The van der Waals surface area contributed by atoms with E-state index >= 15 is 0 Å². The molecule has 4 unspecified atom stereocenters. The first-order valence-corrected chi connectivity index (χ1v) is 6.48. The molecule has 2 N–H and O–H groups in total. The number of hydrogen-bond donors (Lipinski definition) is 2. The van der Waals surface area contributed by atoms with Crippen LogP contribution in [0.25, 0.3) is 0 Å². The van der Waals surface area contributed by atoms with Gasteiger partial charge in [-0.15, -0.1) is 0 Å². The Morgan fingerprint density at radius 2 is 2.06 bits per heavy atom. The van der Waals surface area contributed by atoms with Gasteiger partial charge >= 0.3 is 5.97 Å². The smallest absolute Gasteiger partial charge is 0.308 e. The first kappa shape index (κ1) is 11.6. The quantitative estimate of drug-likeness (QED) is 0.832. The van der Waals surface area contributed by atoms with Gasteiger partial charge in [0, 0.05) is 18.4 Å². The monoisotopic (exact) mass is 247 g/mol. The molecule has 5 nitrogen and oxygen atoms in total. The number of aliphatic carboxylic acids is 1. The molecule has 5 heteroatoms. The zero-order chi connectivity index (χ0) is 12.5. The molecular weight excluding hydrogens is 230 g/mol. The third-order valence-electron chi connectivity index (χ3n) is 4.32. The number of nitrogens with one attached hydrogen (secondary N) is 1. The van der Waals surface area contributed by atoms with E-state index in [1.165, 1.54) is 0 Å². The Morgan fingerprint density at radius 3 is 2.78 bits per heavy atom. The minimum atomic E-state index is -0.659. The van der Waals surface area contributed by atoms with E-state index in [2.05, 4.69) is 15.3 Å². The summed E-state index contributed by atoms with van der Waals surface area (Å²) in [5.74, 6) is 0.715. The van der Waals surface area contributed by atoms with Crippen LogP contribution >= 0.6 is 0 Å². The van der Waals surface area contributed by atoms with Gasteiger partial charge in [-0.05, 0) is 37.2 Å². The maximum absolute atomic E-state index is 11.3. The molecule has 2 fully saturated rings. The van der Waals surface area contributed by atoms with Gasteiger partial charge in [0.1, 0.15) is 5.82 Å². The summed E-state index contributed by atoms with van der Waals surface area (Å²) in [6.07, 6.45) is 6.70. The summed E-state index contributed by atoms with van der Waals surface area (Å²) in [5.41, 5.74) is 0. The summed E-state index contributed by atoms with van der Waals surface area (Å²) < 4.78 is 0. The van der Waals surface area contributed by atoms with Crippen molar-refractivity contribution in [3.8, 4) is 0 Å². The number of carboxylic acids is 1. The molecule has 2 aliphatic rings.